The first kappa shape index (κ1) is 13.9. The van der Waals surface area contributed by atoms with Gasteiger partial charge in [0.2, 0.25) is 0 Å². The van der Waals surface area contributed by atoms with Crippen molar-refractivity contribution in [3.63, 3.8) is 0 Å². The van der Waals surface area contributed by atoms with Crippen molar-refractivity contribution in [2.45, 2.75) is 13.8 Å². The van der Waals surface area contributed by atoms with Crippen molar-refractivity contribution in [2.24, 2.45) is 5.73 Å². The van der Waals surface area contributed by atoms with E-state index >= 15 is 0 Å². The lowest BCUT2D eigenvalue weighted by Gasteiger charge is -2.20. The van der Waals surface area contributed by atoms with Crippen molar-refractivity contribution < 1.29 is 9.59 Å². The first-order valence-corrected chi connectivity index (χ1v) is 6.52. The van der Waals surface area contributed by atoms with Gasteiger partial charge in [0.05, 0.1) is 11.4 Å². The average Bonchev–Trinajstić information content (AvgIpc) is 2.83. The Hall–Kier alpha value is -2.48. The van der Waals surface area contributed by atoms with E-state index in [0.717, 1.165) is 22.1 Å². The average molecular weight is 291 g/mol. The molecule has 0 spiro atoms. The van der Waals surface area contributed by atoms with Crippen molar-refractivity contribution in [1.29, 1.82) is 0 Å². The summed E-state index contributed by atoms with van der Waals surface area (Å²) < 4.78 is 3.68. The summed E-state index contributed by atoms with van der Waals surface area (Å²) in [6.45, 7) is 3.59. The number of hydrogen-bond donors (Lipinski definition) is 2. The summed E-state index contributed by atoms with van der Waals surface area (Å²) >= 11 is 0.957. The van der Waals surface area contributed by atoms with E-state index in [0.29, 0.717) is 16.3 Å². The summed E-state index contributed by atoms with van der Waals surface area (Å²) in [6.07, 6.45) is 0. The number of rotatable bonds is 2. The fraction of sp³-hybridized carbons (Fsp3) is 0.167. The quantitative estimate of drug-likeness (QED) is 0.816. The summed E-state index contributed by atoms with van der Waals surface area (Å²) in [5, 5.41) is 4.73. The van der Waals surface area contributed by atoms with Gasteiger partial charge in [0.1, 0.15) is 4.88 Å². The number of hydrogen-bond acceptors (Lipinski definition) is 5. The second-order valence-electron chi connectivity index (χ2n) is 4.14. The molecule has 0 saturated carbocycles. The maximum absolute atomic E-state index is 12.1. The van der Waals surface area contributed by atoms with Crippen molar-refractivity contribution in [3.8, 4) is 0 Å². The highest BCUT2D eigenvalue weighted by molar-refractivity contribution is 7.08. The number of anilines is 1. The molecule has 8 heteroatoms. The minimum Gasteiger partial charge on any atom is -0.350 e. The lowest BCUT2D eigenvalue weighted by molar-refractivity contribution is 0.0954. The van der Waals surface area contributed by atoms with Crippen molar-refractivity contribution >= 4 is 29.2 Å². The van der Waals surface area contributed by atoms with Gasteiger partial charge in [-0.15, -0.1) is 5.10 Å². The highest BCUT2D eigenvalue weighted by atomic mass is 32.1. The molecule has 0 bridgehead atoms. The Morgan fingerprint density at radius 2 is 1.90 bits per heavy atom. The van der Waals surface area contributed by atoms with Crippen LogP contribution in [0, 0.1) is 13.8 Å². The molecule has 0 aliphatic rings. The van der Waals surface area contributed by atoms with E-state index in [2.05, 4.69) is 15.0 Å². The third-order valence-electron chi connectivity index (χ3n) is 2.58. The normalized spacial score (nSPS) is 10.1. The second-order valence-corrected chi connectivity index (χ2v) is 4.89. The lowest BCUT2D eigenvalue weighted by Crippen LogP contribution is -2.49. The van der Waals surface area contributed by atoms with Crippen LogP contribution in [0.2, 0.25) is 0 Å². The summed E-state index contributed by atoms with van der Waals surface area (Å²) in [5.41, 5.74) is 9.75. The molecule has 20 heavy (non-hydrogen) atoms. The largest absolute Gasteiger partial charge is 0.350 e. The van der Waals surface area contributed by atoms with Crippen molar-refractivity contribution in [3.05, 3.63) is 40.4 Å². The molecule has 104 valence electrons. The van der Waals surface area contributed by atoms with Crippen LogP contribution in [0.3, 0.4) is 0 Å². The molecular formula is C12H13N5O2S. The van der Waals surface area contributed by atoms with Crippen LogP contribution in [0.25, 0.3) is 0 Å². The zero-order chi connectivity index (χ0) is 14.7. The van der Waals surface area contributed by atoms with Gasteiger partial charge in [-0.2, -0.15) is 0 Å². The molecule has 0 saturated heterocycles. The number of nitrogens with zero attached hydrogens (tertiary/aromatic N) is 3. The molecule has 2 rings (SSSR count). The Bertz CT molecular complexity index is 638. The van der Waals surface area contributed by atoms with Crippen LogP contribution < -0.4 is 16.2 Å². The predicted molar refractivity (Wildman–Crippen MR) is 75.4 cm³/mol. The van der Waals surface area contributed by atoms with E-state index in [1.165, 1.54) is 0 Å². The van der Waals surface area contributed by atoms with Crippen molar-refractivity contribution in [1.82, 2.24) is 15.0 Å². The molecule has 3 amide bonds. The molecule has 0 radical (unpaired) electrons. The second kappa shape index (κ2) is 5.66. The Morgan fingerprint density at radius 3 is 2.40 bits per heavy atom. The van der Waals surface area contributed by atoms with Gasteiger partial charge in [0.15, 0.2) is 0 Å². The smallest absolute Gasteiger partial charge is 0.338 e. The highest BCUT2D eigenvalue weighted by Crippen LogP contribution is 2.15. The molecule has 3 N–H and O–H groups in total. The third-order valence-corrected chi connectivity index (χ3v) is 3.41. The monoisotopic (exact) mass is 291 g/mol. The summed E-state index contributed by atoms with van der Waals surface area (Å²) in [5.74, 6) is -0.475. The van der Waals surface area contributed by atoms with Crippen LogP contribution in [-0.4, -0.2) is 21.5 Å². The highest BCUT2D eigenvalue weighted by Gasteiger charge is 2.19. The number of nitrogens with two attached hydrogens (primary N) is 1. The van der Waals surface area contributed by atoms with Gasteiger partial charge in [-0.05, 0) is 37.5 Å². The minimum absolute atomic E-state index is 0.336. The fourth-order valence-electron chi connectivity index (χ4n) is 1.53. The predicted octanol–water partition coefficient (Wildman–Crippen LogP) is 1.39. The Balaban J connectivity index is 2.22. The number of urea groups is 1. The minimum atomic E-state index is -0.780. The number of hydrazine groups is 1. The summed E-state index contributed by atoms with van der Waals surface area (Å²) in [7, 11) is 0. The Labute approximate surface area is 119 Å². The fourth-order valence-corrected chi connectivity index (χ4v) is 2.08. The molecule has 7 nitrogen and oxygen atoms in total. The molecule has 0 fully saturated rings. The third kappa shape index (κ3) is 2.91. The van der Waals surface area contributed by atoms with E-state index < -0.39 is 11.9 Å². The van der Waals surface area contributed by atoms with Gasteiger partial charge < -0.3 is 5.73 Å². The number of nitrogens with one attached hydrogen (secondary N) is 1. The number of aromatic nitrogens is 2. The van der Waals surface area contributed by atoms with Gasteiger partial charge in [0, 0.05) is 0 Å². The zero-order valence-electron chi connectivity index (χ0n) is 11.0. The van der Waals surface area contributed by atoms with Crippen LogP contribution in [0.4, 0.5) is 10.5 Å². The van der Waals surface area contributed by atoms with Crippen LogP contribution in [-0.2, 0) is 0 Å². The molecule has 1 aromatic carbocycles. The maximum Gasteiger partial charge on any atom is 0.338 e. The molecule has 1 heterocycles. The molecule has 0 aliphatic heterocycles. The van der Waals surface area contributed by atoms with Crippen LogP contribution >= 0.6 is 11.5 Å². The number of carbonyl (C=O) groups is 2. The topological polar surface area (TPSA) is 101 Å². The van der Waals surface area contributed by atoms with E-state index in [-0.39, 0.29) is 0 Å². The van der Waals surface area contributed by atoms with E-state index in [1.54, 1.807) is 19.1 Å². The summed E-state index contributed by atoms with van der Waals surface area (Å²) in [4.78, 5) is 23.9. The van der Waals surface area contributed by atoms with Gasteiger partial charge in [0.25, 0.3) is 5.91 Å². The number of amides is 3. The van der Waals surface area contributed by atoms with E-state index in [4.69, 9.17) is 5.73 Å². The zero-order valence-corrected chi connectivity index (χ0v) is 11.8. The summed E-state index contributed by atoms with van der Waals surface area (Å²) in [6, 6.07) is 6.24. The first-order valence-electron chi connectivity index (χ1n) is 5.75. The van der Waals surface area contributed by atoms with Gasteiger partial charge in [-0.3, -0.25) is 10.2 Å². The van der Waals surface area contributed by atoms with Crippen LogP contribution in [0.5, 0.6) is 0 Å². The molecule has 0 aliphatic carbocycles. The SMILES string of the molecule is Cc1ccc(N(NC(=O)c2snnc2C)C(N)=O)cc1. The van der Waals surface area contributed by atoms with Gasteiger partial charge in [-0.1, -0.05) is 22.2 Å². The number of primary amides is 1. The first-order chi connectivity index (χ1) is 9.49. The van der Waals surface area contributed by atoms with E-state index in [9.17, 15) is 9.59 Å². The van der Waals surface area contributed by atoms with E-state index in [1.807, 2.05) is 19.1 Å². The number of aryl methyl sites for hydroxylation is 2. The van der Waals surface area contributed by atoms with Crippen LogP contribution in [0.15, 0.2) is 24.3 Å². The van der Waals surface area contributed by atoms with Crippen LogP contribution in [0.1, 0.15) is 20.9 Å². The molecule has 2 aromatic rings. The maximum atomic E-state index is 12.1. The number of carbonyl (C=O) groups excluding carboxylic acids is 2. The van der Waals surface area contributed by atoms with Gasteiger partial charge in [-0.25, -0.2) is 9.80 Å². The number of benzene rings is 1. The molecule has 0 atom stereocenters. The van der Waals surface area contributed by atoms with Crippen molar-refractivity contribution in [2.75, 3.05) is 5.01 Å². The lowest BCUT2D eigenvalue weighted by atomic mass is 10.2. The Kier molecular flexibility index (Phi) is 3.94. The van der Waals surface area contributed by atoms with Gasteiger partial charge >= 0.3 is 6.03 Å². The standard InChI is InChI=1S/C12H13N5O2S/c1-7-3-5-9(6-4-7)17(12(13)19)15-11(18)10-8(2)14-16-20-10/h3-6H,1-2H3,(H2,13,19)(H,15,18). The molecule has 1 aromatic heterocycles. The molecular weight excluding hydrogens is 278 g/mol. The Morgan fingerprint density at radius 1 is 1.25 bits per heavy atom. The molecule has 0 unspecified atom stereocenters.